The third-order valence-corrected chi connectivity index (χ3v) is 7.01. The predicted molar refractivity (Wildman–Crippen MR) is 156 cm³/mol. The van der Waals surface area contributed by atoms with Crippen LogP contribution < -0.4 is 5.32 Å². The summed E-state index contributed by atoms with van der Waals surface area (Å²) in [6, 6.07) is 17.5. The molecule has 0 amide bonds. The molecule has 0 heterocycles. The van der Waals surface area contributed by atoms with Gasteiger partial charge in [0.05, 0.1) is 12.0 Å². The topological polar surface area (TPSA) is 41.3 Å². The van der Waals surface area contributed by atoms with Gasteiger partial charge in [-0.25, -0.2) is 4.58 Å². The van der Waals surface area contributed by atoms with Gasteiger partial charge in [0, 0.05) is 24.4 Å². The van der Waals surface area contributed by atoms with Crippen LogP contribution in [0.4, 0.5) is 5.69 Å². The van der Waals surface area contributed by atoms with Crippen molar-refractivity contribution in [3.8, 4) is 0 Å². The van der Waals surface area contributed by atoms with E-state index in [2.05, 4.69) is 104 Å². The second-order valence-electron chi connectivity index (χ2n) is 10.6. The Morgan fingerprint density at radius 2 is 1.46 bits per heavy atom. The average Bonchev–Trinajstić information content (AvgIpc) is 2.90. The minimum atomic E-state index is -0.389. The minimum Gasteiger partial charge on any atom is -0.465 e. The van der Waals surface area contributed by atoms with Gasteiger partial charge in [0.2, 0.25) is 0 Å². The molecule has 4 heteroatoms. The Kier molecular flexibility index (Phi) is 10.1. The first-order valence-electron chi connectivity index (χ1n) is 13.4. The Hall–Kier alpha value is -3.40. The lowest BCUT2D eigenvalue weighted by molar-refractivity contribution is -0.462. The second-order valence-corrected chi connectivity index (χ2v) is 10.6. The third-order valence-electron chi connectivity index (χ3n) is 7.01. The molecule has 2 aromatic rings. The van der Waals surface area contributed by atoms with Gasteiger partial charge in [-0.3, -0.25) is 4.79 Å². The molecule has 0 fully saturated rings. The Balaban J connectivity index is 1.60. The van der Waals surface area contributed by atoms with Crippen LogP contribution in [0.1, 0.15) is 63.1 Å². The molecule has 0 unspecified atom stereocenters. The highest BCUT2D eigenvalue weighted by Crippen LogP contribution is 2.30. The summed E-state index contributed by atoms with van der Waals surface area (Å²) in [5.41, 5.74) is 8.03. The molecule has 2 aromatic carbocycles. The summed E-state index contributed by atoms with van der Waals surface area (Å²) in [4.78, 5) is 12.0. The molecular weight excluding hydrogens is 456 g/mol. The van der Waals surface area contributed by atoms with Crippen molar-refractivity contribution >= 4 is 22.9 Å². The predicted octanol–water partition coefficient (Wildman–Crippen LogP) is 7.20. The Bertz CT molecular complexity index is 1160. The fraction of sp³-hybridized carbons (Fsp3) is 0.394. The van der Waals surface area contributed by atoms with E-state index in [0.29, 0.717) is 6.61 Å². The van der Waals surface area contributed by atoms with Gasteiger partial charge >= 0.3 is 5.97 Å². The van der Waals surface area contributed by atoms with Gasteiger partial charge in [-0.15, -0.1) is 0 Å². The maximum absolute atomic E-state index is 12.0. The summed E-state index contributed by atoms with van der Waals surface area (Å²) in [6.07, 6.45) is 12.5. The molecule has 0 aromatic heterocycles. The van der Waals surface area contributed by atoms with E-state index in [1.165, 1.54) is 33.5 Å². The van der Waals surface area contributed by atoms with Crippen LogP contribution in [0.15, 0.2) is 78.4 Å². The number of aryl methyl sites for hydroxylation is 1. The molecular formula is C33H43N2O2+. The average molecular weight is 500 g/mol. The summed E-state index contributed by atoms with van der Waals surface area (Å²) in [7, 11) is 4.13. The quantitative estimate of drug-likeness (QED) is 0.202. The highest BCUT2D eigenvalue weighted by atomic mass is 16.5. The van der Waals surface area contributed by atoms with Crippen molar-refractivity contribution in [3.05, 3.63) is 95.1 Å². The van der Waals surface area contributed by atoms with E-state index >= 15 is 0 Å². The lowest BCUT2D eigenvalue weighted by Gasteiger charge is -2.20. The minimum absolute atomic E-state index is 0.0938. The van der Waals surface area contributed by atoms with Gasteiger partial charge in [0.1, 0.15) is 14.1 Å². The Labute approximate surface area is 223 Å². The second kappa shape index (κ2) is 13.2. The molecule has 0 spiro atoms. The van der Waals surface area contributed by atoms with Gasteiger partial charge < -0.3 is 10.1 Å². The number of benzene rings is 2. The highest BCUT2D eigenvalue weighted by Gasteiger charge is 2.26. The molecule has 0 saturated heterocycles. The zero-order valence-electron chi connectivity index (χ0n) is 23.4. The number of unbranched alkanes of at least 4 members (excludes halogenated alkanes) is 2. The van der Waals surface area contributed by atoms with Crippen molar-refractivity contribution in [2.24, 2.45) is 5.41 Å². The molecule has 4 nitrogen and oxygen atoms in total. The lowest BCUT2D eigenvalue weighted by Crippen LogP contribution is -2.26. The van der Waals surface area contributed by atoms with E-state index in [0.717, 1.165) is 37.9 Å². The third kappa shape index (κ3) is 8.04. The van der Waals surface area contributed by atoms with E-state index in [1.54, 1.807) is 0 Å². The number of anilines is 1. The zero-order chi connectivity index (χ0) is 26.8. The van der Waals surface area contributed by atoms with Crippen molar-refractivity contribution in [3.63, 3.8) is 0 Å². The molecule has 3 rings (SSSR count). The summed E-state index contributed by atoms with van der Waals surface area (Å²) in [5.74, 6) is -0.0938. The number of rotatable bonds is 11. The van der Waals surface area contributed by atoms with Crippen molar-refractivity contribution < 1.29 is 14.1 Å². The molecule has 37 heavy (non-hydrogen) atoms. The van der Waals surface area contributed by atoms with E-state index in [4.69, 9.17) is 4.74 Å². The first-order valence-corrected chi connectivity index (χ1v) is 13.4. The normalized spacial score (nSPS) is 13.0. The Morgan fingerprint density at radius 3 is 2.03 bits per heavy atom. The SMILES string of the molecule is CCC(C)(C)C(=O)OCCCCCNc1ccc(C(=C2C=CC(=[N+](C)C)C=C2)c2ccc(C)cc2)cc1. The smallest absolute Gasteiger partial charge is 0.311 e. The van der Waals surface area contributed by atoms with Crippen LogP contribution in [0.25, 0.3) is 5.57 Å². The number of carbonyl (C=O) groups excluding carboxylic acids is 1. The Morgan fingerprint density at radius 1 is 0.865 bits per heavy atom. The van der Waals surface area contributed by atoms with Gasteiger partial charge in [0.25, 0.3) is 0 Å². The number of hydrogen-bond donors (Lipinski definition) is 1. The molecule has 1 N–H and O–H groups in total. The maximum atomic E-state index is 12.0. The number of hydrogen-bond acceptors (Lipinski definition) is 3. The first kappa shape index (κ1) is 28.2. The molecule has 0 radical (unpaired) electrons. The van der Waals surface area contributed by atoms with Crippen LogP contribution in [0.3, 0.4) is 0 Å². The lowest BCUT2D eigenvalue weighted by atomic mass is 9.90. The van der Waals surface area contributed by atoms with Crippen LogP contribution in [-0.2, 0) is 9.53 Å². The summed E-state index contributed by atoms with van der Waals surface area (Å²) in [6.45, 7) is 9.41. The number of carbonyl (C=O) groups is 1. The number of allylic oxidation sites excluding steroid dienone is 5. The molecule has 0 bridgehead atoms. The van der Waals surface area contributed by atoms with Gasteiger partial charge in [-0.2, -0.15) is 0 Å². The van der Waals surface area contributed by atoms with Gasteiger partial charge in [-0.1, -0.05) is 48.9 Å². The van der Waals surface area contributed by atoms with Crippen LogP contribution >= 0.6 is 0 Å². The number of nitrogens with one attached hydrogen (secondary N) is 1. The summed E-state index contributed by atoms with van der Waals surface area (Å²) in [5, 5.41) is 3.53. The van der Waals surface area contributed by atoms with E-state index in [-0.39, 0.29) is 11.4 Å². The number of esters is 1. The first-order chi connectivity index (χ1) is 17.7. The zero-order valence-corrected chi connectivity index (χ0v) is 23.4. The van der Waals surface area contributed by atoms with Gasteiger partial charge in [-0.05, 0) is 93.0 Å². The van der Waals surface area contributed by atoms with Crippen LogP contribution in [0.2, 0.25) is 0 Å². The fourth-order valence-electron chi connectivity index (χ4n) is 4.04. The summed E-state index contributed by atoms with van der Waals surface area (Å²) >= 11 is 0. The van der Waals surface area contributed by atoms with E-state index in [1.807, 2.05) is 20.8 Å². The van der Waals surface area contributed by atoms with Crippen LogP contribution in [0, 0.1) is 12.3 Å². The van der Waals surface area contributed by atoms with E-state index < -0.39 is 0 Å². The molecule has 196 valence electrons. The number of ether oxygens (including phenoxy) is 1. The fourth-order valence-corrected chi connectivity index (χ4v) is 4.04. The molecule has 0 aliphatic heterocycles. The van der Waals surface area contributed by atoms with Crippen molar-refractivity contribution in [1.29, 1.82) is 0 Å². The standard InChI is InChI=1S/C33H42N2O2/c1-7-33(3,4)32(36)37-24-10-8-9-23-34-29-19-15-27(16-20-29)31(26-13-11-25(2)12-14-26)28-17-21-30(22-18-28)35(5)6/h11-22H,7-10,23-24H2,1-6H3/p+1. The largest absolute Gasteiger partial charge is 0.465 e. The highest BCUT2D eigenvalue weighted by molar-refractivity contribution is 6.04. The molecule has 0 atom stereocenters. The molecule has 1 aliphatic carbocycles. The van der Waals surface area contributed by atoms with Crippen molar-refractivity contribution in [2.75, 3.05) is 32.6 Å². The van der Waals surface area contributed by atoms with Crippen LogP contribution in [-0.4, -0.2) is 43.5 Å². The molecule has 1 aliphatic rings. The number of nitrogens with zero attached hydrogens (tertiary/aromatic N) is 1. The van der Waals surface area contributed by atoms with Crippen molar-refractivity contribution in [1.82, 2.24) is 0 Å². The monoisotopic (exact) mass is 499 g/mol. The van der Waals surface area contributed by atoms with Crippen LogP contribution in [0.5, 0.6) is 0 Å². The van der Waals surface area contributed by atoms with Crippen molar-refractivity contribution in [2.45, 2.75) is 53.4 Å². The molecule has 0 saturated carbocycles. The maximum Gasteiger partial charge on any atom is 0.311 e. The van der Waals surface area contributed by atoms with E-state index in [9.17, 15) is 4.79 Å². The summed E-state index contributed by atoms with van der Waals surface area (Å²) < 4.78 is 7.55. The van der Waals surface area contributed by atoms with Gasteiger partial charge in [0.15, 0.2) is 5.71 Å².